The molecule has 416 valence electrons. The van der Waals surface area contributed by atoms with Crippen molar-refractivity contribution in [2.45, 2.75) is 329 Å². The predicted octanol–water partition coefficient (Wildman–Crippen LogP) is 17.0. The fraction of sp³-hybridized carbons (Fsp3) is 0.952. The van der Waals surface area contributed by atoms with Crippen LogP contribution in [-0.4, -0.2) is 75.0 Å². The van der Waals surface area contributed by atoms with E-state index in [9.17, 15) is 14.4 Å². The third-order valence-corrected chi connectivity index (χ3v) is 14.7. The molecule has 0 rings (SSSR count). The molecule has 0 aliphatic heterocycles. The molecular weight excluding hydrogens is 863 g/mol. The molecule has 8 heteroatoms. The number of nitrogens with one attached hydrogen (secondary N) is 4. The number of carbonyl (C=O) groups excluding carboxylic acids is 3. The monoisotopic (exact) mass is 988 g/mol. The molecule has 0 aromatic heterocycles. The summed E-state index contributed by atoms with van der Waals surface area (Å²) in [4.78, 5) is 40.4. The zero-order valence-electron chi connectivity index (χ0n) is 47.8. The minimum absolute atomic E-state index is 0.120. The average molecular weight is 989 g/mol. The molecule has 0 radical (unpaired) electrons. The first-order chi connectivity index (χ1) is 34.5. The van der Waals surface area contributed by atoms with Crippen LogP contribution in [0.5, 0.6) is 0 Å². The summed E-state index contributed by atoms with van der Waals surface area (Å²) >= 11 is 0. The van der Waals surface area contributed by atoms with Crippen molar-refractivity contribution < 1.29 is 14.4 Å². The van der Waals surface area contributed by atoms with E-state index >= 15 is 0 Å². The Morgan fingerprint density at radius 1 is 0.257 bits per heavy atom. The first-order valence-electron chi connectivity index (χ1n) is 31.8. The van der Waals surface area contributed by atoms with Crippen LogP contribution in [0, 0.1) is 0 Å². The second-order valence-electron chi connectivity index (χ2n) is 21.7. The summed E-state index contributed by atoms with van der Waals surface area (Å²) in [7, 11) is 0. The number of unbranched alkanes of at least 4 members (excludes halogenated alkanes) is 42. The Hall–Kier alpha value is -1.67. The van der Waals surface area contributed by atoms with Gasteiger partial charge < -0.3 is 26.2 Å². The van der Waals surface area contributed by atoms with Gasteiger partial charge >= 0.3 is 0 Å². The maximum Gasteiger partial charge on any atom is 0.222 e. The van der Waals surface area contributed by atoms with Crippen molar-refractivity contribution in [3.05, 3.63) is 0 Å². The van der Waals surface area contributed by atoms with Gasteiger partial charge in [-0.3, -0.25) is 14.4 Å². The number of amides is 3. The molecule has 0 aliphatic rings. The Labute approximate surface area is 437 Å². The van der Waals surface area contributed by atoms with E-state index < -0.39 is 0 Å². The van der Waals surface area contributed by atoms with Crippen molar-refractivity contribution in [3.8, 4) is 0 Å². The molecule has 0 fully saturated rings. The molecule has 0 aromatic rings. The van der Waals surface area contributed by atoms with E-state index in [1.165, 1.54) is 250 Å². The van der Waals surface area contributed by atoms with Crippen LogP contribution in [0.4, 0.5) is 0 Å². The summed E-state index contributed by atoms with van der Waals surface area (Å²) in [5.74, 6) is 0.506. The number of hydrogen-bond acceptors (Lipinski definition) is 5. The van der Waals surface area contributed by atoms with Gasteiger partial charge in [-0.2, -0.15) is 0 Å². The van der Waals surface area contributed by atoms with Crippen LogP contribution >= 0.6 is 0 Å². The SMILES string of the molecule is CCCCCCCCCCCCCCCCCC(=O)NCCNCCNCCN(CCNC(=O)CCCCCCCCCCCCCCCCC)C(=O)CCCCCCCCCCCCCCCCC. The van der Waals surface area contributed by atoms with Crippen LogP contribution in [0.15, 0.2) is 0 Å². The van der Waals surface area contributed by atoms with Crippen LogP contribution in [0.1, 0.15) is 329 Å². The zero-order chi connectivity index (χ0) is 50.7. The van der Waals surface area contributed by atoms with E-state index in [1.54, 1.807) is 0 Å². The van der Waals surface area contributed by atoms with Crippen LogP contribution < -0.4 is 21.3 Å². The quantitative estimate of drug-likeness (QED) is 0.0455. The van der Waals surface area contributed by atoms with Crippen molar-refractivity contribution in [2.75, 3.05) is 52.4 Å². The lowest BCUT2D eigenvalue weighted by Gasteiger charge is -2.23. The molecule has 0 saturated carbocycles. The van der Waals surface area contributed by atoms with Gasteiger partial charge in [-0.1, -0.05) is 290 Å². The summed E-state index contributed by atoms with van der Waals surface area (Å²) in [6.07, 6.45) is 61.6. The summed E-state index contributed by atoms with van der Waals surface area (Å²) in [5, 5.41) is 13.1. The van der Waals surface area contributed by atoms with Gasteiger partial charge in [-0.05, 0) is 19.3 Å². The van der Waals surface area contributed by atoms with E-state index in [0.29, 0.717) is 45.4 Å². The summed E-state index contributed by atoms with van der Waals surface area (Å²) < 4.78 is 0. The van der Waals surface area contributed by atoms with Crippen LogP contribution in [0.25, 0.3) is 0 Å². The predicted molar refractivity (Wildman–Crippen MR) is 307 cm³/mol. The molecule has 4 N–H and O–H groups in total. The Morgan fingerprint density at radius 2 is 0.486 bits per heavy atom. The van der Waals surface area contributed by atoms with E-state index in [4.69, 9.17) is 0 Å². The van der Waals surface area contributed by atoms with Crippen LogP contribution in [0.3, 0.4) is 0 Å². The van der Waals surface area contributed by atoms with Crippen molar-refractivity contribution in [2.24, 2.45) is 0 Å². The number of rotatable bonds is 60. The molecule has 8 nitrogen and oxygen atoms in total. The second kappa shape index (κ2) is 59.9. The topological polar surface area (TPSA) is 103 Å². The first kappa shape index (κ1) is 68.3. The van der Waals surface area contributed by atoms with E-state index in [0.717, 1.165) is 64.7 Å². The fourth-order valence-corrected chi connectivity index (χ4v) is 9.92. The van der Waals surface area contributed by atoms with Crippen molar-refractivity contribution in [1.82, 2.24) is 26.2 Å². The Balaban J connectivity index is 4.20. The summed E-state index contributed by atoms with van der Waals surface area (Å²) in [5.41, 5.74) is 0. The van der Waals surface area contributed by atoms with Crippen molar-refractivity contribution in [1.29, 1.82) is 0 Å². The normalized spacial score (nSPS) is 11.4. The van der Waals surface area contributed by atoms with Crippen LogP contribution in [0.2, 0.25) is 0 Å². The molecular formula is C62H125N5O3. The third-order valence-electron chi connectivity index (χ3n) is 14.7. The molecule has 3 amide bonds. The van der Waals surface area contributed by atoms with Gasteiger partial charge in [0.15, 0.2) is 0 Å². The lowest BCUT2D eigenvalue weighted by Crippen LogP contribution is -2.42. The lowest BCUT2D eigenvalue weighted by molar-refractivity contribution is -0.131. The zero-order valence-corrected chi connectivity index (χ0v) is 47.8. The number of nitrogens with zero attached hydrogens (tertiary/aromatic N) is 1. The highest BCUT2D eigenvalue weighted by Crippen LogP contribution is 2.17. The maximum atomic E-state index is 13.4. The molecule has 0 heterocycles. The Bertz CT molecular complexity index is 1060. The molecule has 0 aliphatic carbocycles. The van der Waals surface area contributed by atoms with Gasteiger partial charge in [0.2, 0.25) is 17.7 Å². The van der Waals surface area contributed by atoms with Gasteiger partial charge in [0.25, 0.3) is 0 Å². The highest BCUT2D eigenvalue weighted by molar-refractivity contribution is 5.77. The average Bonchev–Trinajstić information content (AvgIpc) is 3.36. The van der Waals surface area contributed by atoms with E-state index in [2.05, 4.69) is 42.0 Å². The van der Waals surface area contributed by atoms with Gasteiger partial charge in [-0.15, -0.1) is 0 Å². The molecule has 0 aromatic carbocycles. The Morgan fingerprint density at radius 3 is 0.800 bits per heavy atom. The minimum atomic E-state index is 0.120. The first-order valence-corrected chi connectivity index (χ1v) is 31.8. The van der Waals surface area contributed by atoms with Crippen LogP contribution in [-0.2, 0) is 14.4 Å². The molecule has 0 unspecified atom stereocenters. The highest BCUT2D eigenvalue weighted by Gasteiger charge is 2.14. The molecule has 0 saturated heterocycles. The lowest BCUT2D eigenvalue weighted by atomic mass is 10.0. The number of hydrogen-bond donors (Lipinski definition) is 4. The second-order valence-corrected chi connectivity index (χ2v) is 21.7. The molecule has 0 spiro atoms. The maximum absolute atomic E-state index is 13.4. The van der Waals surface area contributed by atoms with E-state index in [1.807, 2.05) is 4.90 Å². The van der Waals surface area contributed by atoms with Gasteiger partial charge in [0.05, 0.1) is 0 Å². The summed E-state index contributed by atoms with van der Waals surface area (Å²) in [6, 6.07) is 0. The molecule has 0 bridgehead atoms. The van der Waals surface area contributed by atoms with E-state index in [-0.39, 0.29) is 17.7 Å². The third kappa shape index (κ3) is 55.6. The minimum Gasteiger partial charge on any atom is -0.355 e. The smallest absolute Gasteiger partial charge is 0.222 e. The van der Waals surface area contributed by atoms with Crippen molar-refractivity contribution >= 4 is 17.7 Å². The summed E-state index contributed by atoms with van der Waals surface area (Å²) in [6.45, 7) is 12.4. The van der Waals surface area contributed by atoms with Crippen molar-refractivity contribution in [3.63, 3.8) is 0 Å². The highest BCUT2D eigenvalue weighted by atomic mass is 16.2. The Kier molecular flexibility index (Phi) is 58.5. The van der Waals surface area contributed by atoms with Gasteiger partial charge in [0, 0.05) is 71.6 Å². The van der Waals surface area contributed by atoms with Gasteiger partial charge in [0.1, 0.15) is 0 Å². The molecule has 0 atom stereocenters. The fourth-order valence-electron chi connectivity index (χ4n) is 9.92. The van der Waals surface area contributed by atoms with Gasteiger partial charge in [-0.25, -0.2) is 0 Å². The largest absolute Gasteiger partial charge is 0.355 e. The molecule has 70 heavy (non-hydrogen) atoms. The standard InChI is InChI=1S/C62H125N5O3/c1-4-7-10-13-16-19-22-25-28-31-34-37-40-43-46-49-60(68)65-55-54-63-52-53-64-56-58-67(62(70)51-48-45-42-39-36-33-30-27-24-21-18-15-12-9-6-3)59-57-66-61(69)50-47-44-41-38-35-32-29-26-23-20-17-14-11-8-5-2/h63-64H,4-59H2,1-3H3,(H,65,68)(H,66,69). The number of carbonyl (C=O) groups is 3.